The molecule has 1 aliphatic heterocycles. The van der Waals surface area contributed by atoms with E-state index in [0.717, 1.165) is 29.4 Å². The van der Waals surface area contributed by atoms with Crippen molar-refractivity contribution in [2.24, 2.45) is 0 Å². The number of anilines is 2. The maximum Gasteiger partial charge on any atom is 0.416 e. The summed E-state index contributed by atoms with van der Waals surface area (Å²) in [5.74, 6) is -0.625. The molecule has 0 spiro atoms. The lowest BCUT2D eigenvalue weighted by molar-refractivity contribution is -0.137. The van der Waals surface area contributed by atoms with Crippen LogP contribution in [0.4, 0.5) is 29.3 Å². The average molecular weight is 412 g/mol. The summed E-state index contributed by atoms with van der Waals surface area (Å²) in [5.41, 5.74) is 0.711. The summed E-state index contributed by atoms with van der Waals surface area (Å²) in [4.78, 5) is 27.7. The Morgan fingerprint density at radius 3 is 2.46 bits per heavy atom. The first kappa shape index (κ1) is 20.0. The van der Waals surface area contributed by atoms with Gasteiger partial charge in [-0.05, 0) is 37.3 Å². The summed E-state index contributed by atoms with van der Waals surface area (Å²) in [6, 6.07) is 9.74. The first-order valence-electron chi connectivity index (χ1n) is 8.45. The van der Waals surface area contributed by atoms with Gasteiger partial charge in [-0.2, -0.15) is 13.2 Å². The molecule has 1 heterocycles. The van der Waals surface area contributed by atoms with Crippen LogP contribution in [0.2, 0.25) is 5.02 Å². The van der Waals surface area contributed by atoms with E-state index >= 15 is 0 Å². The fraction of sp³-hybridized carbons (Fsp3) is 0.263. The molecule has 1 fully saturated rings. The fourth-order valence-corrected chi connectivity index (χ4v) is 3.02. The van der Waals surface area contributed by atoms with Crippen molar-refractivity contribution in [3.63, 3.8) is 0 Å². The number of benzene rings is 2. The van der Waals surface area contributed by atoms with Gasteiger partial charge in [0.25, 0.3) is 0 Å². The molecule has 0 bridgehead atoms. The molecule has 1 N–H and O–H groups in total. The number of nitrogens with zero attached hydrogens (tertiary/aromatic N) is 2. The molecule has 3 rings (SSSR count). The Hall–Kier alpha value is -2.74. The molecule has 1 saturated heterocycles. The van der Waals surface area contributed by atoms with Gasteiger partial charge in [0.2, 0.25) is 5.91 Å². The Morgan fingerprint density at radius 1 is 1.14 bits per heavy atom. The average Bonchev–Trinajstić information content (AvgIpc) is 2.97. The van der Waals surface area contributed by atoms with Gasteiger partial charge in [-0.25, -0.2) is 4.79 Å². The zero-order chi connectivity index (χ0) is 20.5. The van der Waals surface area contributed by atoms with Gasteiger partial charge in [-0.1, -0.05) is 29.3 Å². The normalized spacial score (nSPS) is 14.5. The molecule has 28 heavy (non-hydrogen) atoms. The van der Waals surface area contributed by atoms with E-state index in [2.05, 4.69) is 5.32 Å². The van der Waals surface area contributed by atoms with Gasteiger partial charge in [-0.15, -0.1) is 0 Å². The Balaban J connectivity index is 1.66. The van der Waals surface area contributed by atoms with E-state index in [1.54, 1.807) is 4.90 Å². The van der Waals surface area contributed by atoms with Crippen LogP contribution in [0.15, 0.2) is 42.5 Å². The van der Waals surface area contributed by atoms with Gasteiger partial charge < -0.3 is 10.2 Å². The predicted octanol–water partition coefficient (Wildman–Crippen LogP) is 4.55. The second kappa shape index (κ2) is 7.71. The van der Waals surface area contributed by atoms with Gasteiger partial charge in [-0.3, -0.25) is 9.69 Å². The van der Waals surface area contributed by atoms with Crippen molar-refractivity contribution >= 4 is 34.9 Å². The van der Waals surface area contributed by atoms with E-state index in [0.29, 0.717) is 13.1 Å². The number of nitrogens with one attached hydrogen (secondary N) is 1. The summed E-state index contributed by atoms with van der Waals surface area (Å²) >= 11 is 5.88. The van der Waals surface area contributed by atoms with E-state index in [9.17, 15) is 22.8 Å². The van der Waals surface area contributed by atoms with E-state index in [-0.39, 0.29) is 23.3 Å². The van der Waals surface area contributed by atoms with Crippen LogP contribution >= 0.6 is 11.6 Å². The largest absolute Gasteiger partial charge is 0.416 e. The van der Waals surface area contributed by atoms with Gasteiger partial charge in [0.15, 0.2) is 0 Å². The third-order valence-electron chi connectivity index (χ3n) is 4.34. The molecule has 1 aliphatic rings. The van der Waals surface area contributed by atoms with Crippen molar-refractivity contribution < 1.29 is 22.8 Å². The maximum atomic E-state index is 12.8. The SMILES string of the molecule is Cc1ccc(N2CCN(CC(=O)Nc3cc(C(F)(F)F)ccc3Cl)C2=O)cc1. The number of amides is 3. The highest BCUT2D eigenvalue weighted by Gasteiger charge is 2.32. The summed E-state index contributed by atoms with van der Waals surface area (Å²) in [7, 11) is 0. The minimum absolute atomic E-state index is 0.0182. The summed E-state index contributed by atoms with van der Waals surface area (Å²) in [6.45, 7) is 2.40. The molecule has 0 radical (unpaired) electrons. The van der Waals surface area contributed by atoms with Gasteiger partial charge >= 0.3 is 12.2 Å². The summed E-state index contributed by atoms with van der Waals surface area (Å²) in [6.07, 6.45) is -4.55. The minimum atomic E-state index is -4.55. The minimum Gasteiger partial charge on any atom is -0.323 e. The lowest BCUT2D eigenvalue weighted by Gasteiger charge is -2.19. The number of carbonyl (C=O) groups excluding carboxylic acids is 2. The van der Waals surface area contributed by atoms with E-state index < -0.39 is 17.6 Å². The number of hydrogen-bond donors (Lipinski definition) is 1. The molecule has 0 atom stereocenters. The summed E-state index contributed by atoms with van der Waals surface area (Å²) < 4.78 is 38.5. The van der Waals surface area contributed by atoms with Gasteiger partial charge in [0.1, 0.15) is 6.54 Å². The Bertz CT molecular complexity index is 900. The highest BCUT2D eigenvalue weighted by molar-refractivity contribution is 6.33. The zero-order valence-corrected chi connectivity index (χ0v) is 15.6. The molecule has 0 aromatic heterocycles. The van der Waals surface area contributed by atoms with Crippen molar-refractivity contribution in [3.8, 4) is 0 Å². The Morgan fingerprint density at radius 2 is 1.82 bits per heavy atom. The predicted molar refractivity (Wildman–Crippen MR) is 101 cm³/mol. The molecule has 2 aromatic carbocycles. The number of alkyl halides is 3. The van der Waals surface area contributed by atoms with Crippen LogP contribution in [-0.4, -0.2) is 36.5 Å². The van der Waals surface area contributed by atoms with Crippen LogP contribution in [0.1, 0.15) is 11.1 Å². The molecule has 0 unspecified atom stereocenters. The van der Waals surface area contributed by atoms with Gasteiger partial charge in [0.05, 0.1) is 16.3 Å². The first-order valence-corrected chi connectivity index (χ1v) is 8.82. The van der Waals surface area contributed by atoms with Crippen molar-refractivity contribution in [1.82, 2.24) is 4.90 Å². The number of aryl methyl sites for hydroxylation is 1. The Kier molecular flexibility index (Phi) is 5.51. The molecule has 148 valence electrons. The first-order chi connectivity index (χ1) is 13.1. The standard InChI is InChI=1S/C19H17ClF3N3O2/c1-12-2-5-14(6-3-12)26-9-8-25(18(26)28)11-17(27)24-16-10-13(19(21,22)23)4-7-15(16)20/h2-7,10H,8-9,11H2,1H3,(H,24,27). The third kappa shape index (κ3) is 4.39. The quantitative estimate of drug-likeness (QED) is 0.802. The van der Waals surface area contributed by atoms with Crippen molar-refractivity contribution in [3.05, 3.63) is 58.6 Å². The molecular formula is C19H17ClF3N3O2. The second-order valence-corrected chi connectivity index (χ2v) is 6.84. The molecular weight excluding hydrogens is 395 g/mol. The third-order valence-corrected chi connectivity index (χ3v) is 4.67. The highest BCUT2D eigenvalue weighted by Crippen LogP contribution is 2.33. The van der Waals surface area contributed by atoms with Crippen LogP contribution < -0.4 is 10.2 Å². The van der Waals surface area contributed by atoms with E-state index in [4.69, 9.17) is 11.6 Å². The number of hydrogen-bond acceptors (Lipinski definition) is 2. The van der Waals surface area contributed by atoms with Crippen LogP contribution in [0.5, 0.6) is 0 Å². The number of urea groups is 1. The van der Waals surface area contributed by atoms with Crippen LogP contribution in [0.3, 0.4) is 0 Å². The summed E-state index contributed by atoms with van der Waals surface area (Å²) in [5, 5.41) is 2.33. The van der Waals surface area contributed by atoms with E-state index in [1.165, 1.54) is 4.90 Å². The van der Waals surface area contributed by atoms with Crippen molar-refractivity contribution in [2.45, 2.75) is 13.1 Å². The zero-order valence-electron chi connectivity index (χ0n) is 14.9. The van der Waals surface area contributed by atoms with Crippen LogP contribution in [0.25, 0.3) is 0 Å². The fourth-order valence-electron chi connectivity index (χ4n) is 2.85. The molecule has 9 heteroatoms. The monoisotopic (exact) mass is 411 g/mol. The topological polar surface area (TPSA) is 52.6 Å². The van der Waals surface area contributed by atoms with Crippen LogP contribution in [0, 0.1) is 6.92 Å². The maximum absolute atomic E-state index is 12.8. The van der Waals surface area contributed by atoms with Crippen molar-refractivity contribution in [1.29, 1.82) is 0 Å². The lowest BCUT2D eigenvalue weighted by atomic mass is 10.2. The van der Waals surface area contributed by atoms with E-state index in [1.807, 2.05) is 31.2 Å². The Labute approximate surface area is 164 Å². The molecule has 5 nitrogen and oxygen atoms in total. The lowest BCUT2D eigenvalue weighted by Crippen LogP contribution is -2.37. The molecule has 3 amide bonds. The molecule has 2 aromatic rings. The molecule has 0 aliphatic carbocycles. The van der Waals surface area contributed by atoms with Crippen molar-refractivity contribution in [2.75, 3.05) is 29.9 Å². The van der Waals surface area contributed by atoms with Gasteiger partial charge in [0, 0.05) is 18.8 Å². The smallest absolute Gasteiger partial charge is 0.323 e. The number of carbonyl (C=O) groups is 2. The highest BCUT2D eigenvalue weighted by atomic mass is 35.5. The second-order valence-electron chi connectivity index (χ2n) is 6.43. The number of rotatable bonds is 4. The number of halogens is 4. The molecule has 0 saturated carbocycles. The van der Waals surface area contributed by atoms with Crippen LogP contribution in [-0.2, 0) is 11.0 Å².